The molecule has 1 aromatic heterocycles. The summed E-state index contributed by atoms with van der Waals surface area (Å²) in [5.74, 6) is 0.322. The number of ether oxygens (including phenoxy) is 1. The molecule has 1 aliphatic rings. The van der Waals surface area contributed by atoms with Crippen LogP contribution < -0.4 is 15.7 Å². The first kappa shape index (κ1) is 21.8. The van der Waals surface area contributed by atoms with E-state index in [1.165, 1.54) is 0 Å². The average molecular weight is 434 g/mol. The van der Waals surface area contributed by atoms with E-state index in [-0.39, 0.29) is 12.5 Å². The molecule has 32 heavy (non-hydrogen) atoms. The van der Waals surface area contributed by atoms with Crippen molar-refractivity contribution in [1.29, 1.82) is 0 Å². The summed E-state index contributed by atoms with van der Waals surface area (Å²) in [6.45, 7) is 6.27. The summed E-state index contributed by atoms with van der Waals surface area (Å²) < 4.78 is 6.04. The third-order valence-corrected chi connectivity index (χ3v) is 5.61. The molecule has 0 bridgehead atoms. The van der Waals surface area contributed by atoms with Gasteiger partial charge in [-0.2, -0.15) is 0 Å². The molecule has 7 nitrogen and oxygen atoms in total. The summed E-state index contributed by atoms with van der Waals surface area (Å²) in [4.78, 5) is 21.8. The molecule has 2 aromatic carbocycles. The number of carbonyl (C=O) groups is 1. The Morgan fingerprint density at radius 1 is 1.22 bits per heavy atom. The number of hydrogen-bond donors (Lipinski definition) is 3. The van der Waals surface area contributed by atoms with Crippen molar-refractivity contribution >= 4 is 22.5 Å². The van der Waals surface area contributed by atoms with E-state index in [0.29, 0.717) is 6.61 Å². The number of aryl methyl sites for hydroxylation is 1. The van der Waals surface area contributed by atoms with Gasteiger partial charge in [0.25, 0.3) is 0 Å². The van der Waals surface area contributed by atoms with Crippen LogP contribution >= 0.6 is 0 Å². The number of nitrogens with one attached hydrogen (secondary N) is 2. The maximum Gasteiger partial charge on any atom is 0.243 e. The molecule has 1 atom stereocenters. The Balaban J connectivity index is 1.44. The highest BCUT2D eigenvalue weighted by Crippen LogP contribution is 2.33. The van der Waals surface area contributed by atoms with Crippen molar-refractivity contribution in [2.45, 2.75) is 39.9 Å². The summed E-state index contributed by atoms with van der Waals surface area (Å²) in [6, 6.07) is 17.9. The first-order valence-corrected chi connectivity index (χ1v) is 10.5. The third-order valence-electron chi connectivity index (χ3n) is 5.61. The first-order chi connectivity index (χ1) is 15.4. The lowest BCUT2D eigenvalue weighted by atomic mass is 9.82. The van der Waals surface area contributed by atoms with Crippen molar-refractivity contribution in [1.82, 2.24) is 15.9 Å². The molecule has 0 spiro atoms. The number of para-hydroxylation sites is 1. The minimum atomic E-state index is -0.490. The molecule has 1 aliphatic heterocycles. The lowest BCUT2D eigenvalue weighted by molar-refractivity contribution is -0.133. The van der Waals surface area contributed by atoms with Gasteiger partial charge < -0.3 is 4.74 Å². The van der Waals surface area contributed by atoms with Gasteiger partial charge in [0.05, 0.1) is 11.2 Å². The highest BCUT2D eigenvalue weighted by atomic mass is 16.7. The minimum absolute atomic E-state index is 0.134. The van der Waals surface area contributed by atoms with Gasteiger partial charge in [-0.05, 0) is 55.0 Å². The smallest absolute Gasteiger partial charge is 0.243 e. The van der Waals surface area contributed by atoms with Gasteiger partial charge in [0.1, 0.15) is 18.5 Å². The Kier molecular flexibility index (Phi) is 6.12. The van der Waals surface area contributed by atoms with Crippen molar-refractivity contribution in [3.05, 3.63) is 77.5 Å². The lowest BCUT2D eigenvalue weighted by Crippen LogP contribution is -2.35. The van der Waals surface area contributed by atoms with Gasteiger partial charge in [-0.3, -0.25) is 25.3 Å². The number of hydrogen-bond acceptors (Lipinski definition) is 6. The average Bonchev–Trinajstić information content (AvgIpc) is 3.29. The highest BCUT2D eigenvalue weighted by Gasteiger charge is 2.35. The Bertz CT molecular complexity index is 1160. The van der Waals surface area contributed by atoms with Crippen molar-refractivity contribution in [2.75, 3.05) is 0 Å². The van der Waals surface area contributed by atoms with Gasteiger partial charge in [-0.15, -0.1) is 0 Å². The Morgan fingerprint density at radius 3 is 2.72 bits per heavy atom. The lowest BCUT2D eigenvalue weighted by Gasteiger charge is -2.27. The number of nitrogens with zero attached hydrogens (tertiary/aromatic N) is 1. The summed E-state index contributed by atoms with van der Waals surface area (Å²) in [5, 5.41) is 9.89. The van der Waals surface area contributed by atoms with Crippen LogP contribution in [0.4, 0.5) is 0 Å². The van der Waals surface area contributed by atoms with E-state index in [4.69, 9.17) is 14.8 Å². The second-order valence-corrected chi connectivity index (χ2v) is 8.67. The van der Waals surface area contributed by atoms with Gasteiger partial charge in [0.2, 0.25) is 5.91 Å². The van der Waals surface area contributed by atoms with Crippen LogP contribution in [-0.2, 0) is 16.2 Å². The van der Waals surface area contributed by atoms with E-state index in [2.05, 4.69) is 22.6 Å². The molecule has 2 heterocycles. The number of aromatic nitrogens is 1. The van der Waals surface area contributed by atoms with E-state index >= 15 is 0 Å². The van der Waals surface area contributed by atoms with Gasteiger partial charge >= 0.3 is 0 Å². The van der Waals surface area contributed by atoms with E-state index in [0.717, 1.165) is 39.2 Å². The number of carbonyl (C=O) groups excluding carboxylic acids is 1. The summed E-state index contributed by atoms with van der Waals surface area (Å²) in [6.07, 6.45) is 1.77. The van der Waals surface area contributed by atoms with Crippen LogP contribution in [0.15, 0.2) is 60.7 Å². The van der Waals surface area contributed by atoms with Crippen LogP contribution in [0.5, 0.6) is 5.75 Å². The maximum atomic E-state index is 11.6. The van der Waals surface area contributed by atoms with Crippen molar-refractivity contribution in [3.63, 3.8) is 0 Å². The zero-order valence-corrected chi connectivity index (χ0v) is 18.4. The molecule has 4 rings (SSSR count). The molecule has 0 saturated carbocycles. The SMILES string of the molecule is Cc1cc(COc2ccc(C3=CC(C(C)(C)CC(=O)NO)ON3)cc2)c2ccccc2n1. The van der Waals surface area contributed by atoms with Gasteiger partial charge in [-0.25, -0.2) is 5.48 Å². The number of hydroxylamine groups is 2. The summed E-state index contributed by atoms with van der Waals surface area (Å²) in [5.41, 5.74) is 8.94. The normalized spacial score (nSPS) is 15.9. The van der Waals surface area contributed by atoms with Gasteiger partial charge in [0, 0.05) is 28.5 Å². The predicted molar refractivity (Wildman–Crippen MR) is 122 cm³/mol. The van der Waals surface area contributed by atoms with E-state index in [1.54, 1.807) is 5.48 Å². The highest BCUT2D eigenvalue weighted by molar-refractivity contribution is 5.82. The van der Waals surface area contributed by atoms with Crippen LogP contribution in [0.1, 0.15) is 37.1 Å². The molecule has 3 N–H and O–H groups in total. The van der Waals surface area contributed by atoms with Crippen molar-refractivity contribution in [2.24, 2.45) is 5.41 Å². The fourth-order valence-corrected chi connectivity index (χ4v) is 3.85. The molecule has 0 fully saturated rings. The van der Waals surface area contributed by atoms with Crippen LogP contribution in [-0.4, -0.2) is 22.2 Å². The predicted octanol–water partition coefficient (Wildman–Crippen LogP) is 4.29. The zero-order valence-electron chi connectivity index (χ0n) is 18.4. The van der Waals surface area contributed by atoms with E-state index < -0.39 is 11.3 Å². The third kappa shape index (κ3) is 4.74. The molecular formula is C25H27N3O4. The first-order valence-electron chi connectivity index (χ1n) is 10.5. The standard InChI is InChI=1S/C25H27N3O4/c1-16-12-18(20-6-4-5-7-21(20)26-16)15-31-19-10-8-17(9-11-19)22-13-23(32-28-22)25(2,3)14-24(29)27-30/h4-13,23,28,30H,14-15H2,1-3H3,(H,27,29). The molecule has 0 aliphatic carbocycles. The summed E-state index contributed by atoms with van der Waals surface area (Å²) >= 11 is 0. The number of amides is 1. The van der Waals surface area contributed by atoms with E-state index in [1.807, 2.05) is 69.3 Å². The van der Waals surface area contributed by atoms with Crippen molar-refractivity contribution in [3.8, 4) is 5.75 Å². The van der Waals surface area contributed by atoms with Crippen LogP contribution in [0, 0.1) is 12.3 Å². The summed E-state index contributed by atoms with van der Waals surface area (Å²) in [7, 11) is 0. The minimum Gasteiger partial charge on any atom is -0.489 e. The second kappa shape index (κ2) is 8.98. The second-order valence-electron chi connectivity index (χ2n) is 8.67. The molecule has 1 unspecified atom stereocenters. The molecular weight excluding hydrogens is 406 g/mol. The Labute approximate surface area is 187 Å². The number of fused-ring (bicyclic) bond motifs is 1. The zero-order chi connectivity index (χ0) is 22.7. The Hall–Kier alpha value is -3.42. The maximum absolute atomic E-state index is 11.6. The van der Waals surface area contributed by atoms with Crippen LogP contribution in [0.25, 0.3) is 16.6 Å². The van der Waals surface area contributed by atoms with E-state index in [9.17, 15) is 4.79 Å². The monoisotopic (exact) mass is 433 g/mol. The number of rotatable bonds is 7. The number of benzene rings is 2. The molecule has 0 saturated heterocycles. The fourth-order valence-electron chi connectivity index (χ4n) is 3.85. The molecule has 7 heteroatoms. The largest absolute Gasteiger partial charge is 0.489 e. The van der Waals surface area contributed by atoms with Gasteiger partial charge in [-0.1, -0.05) is 32.0 Å². The molecule has 1 amide bonds. The molecule has 166 valence electrons. The van der Waals surface area contributed by atoms with Crippen LogP contribution in [0.3, 0.4) is 0 Å². The number of pyridine rings is 1. The Morgan fingerprint density at radius 2 is 1.97 bits per heavy atom. The quantitative estimate of drug-likeness (QED) is 0.380. The molecule has 3 aromatic rings. The van der Waals surface area contributed by atoms with Crippen LogP contribution in [0.2, 0.25) is 0 Å². The molecule has 0 radical (unpaired) electrons. The van der Waals surface area contributed by atoms with Gasteiger partial charge in [0.15, 0.2) is 0 Å². The fraction of sp³-hybridized carbons (Fsp3) is 0.280. The topological polar surface area (TPSA) is 92.7 Å². The van der Waals surface area contributed by atoms with Crippen molar-refractivity contribution < 1.29 is 19.6 Å².